The van der Waals surface area contributed by atoms with Gasteiger partial charge >= 0.3 is 0 Å². The van der Waals surface area contributed by atoms with Crippen LogP contribution in [0.5, 0.6) is 0 Å². The Bertz CT molecular complexity index is 465. The van der Waals surface area contributed by atoms with Crippen LogP contribution in [0.1, 0.15) is 12.5 Å². The topological polar surface area (TPSA) is 12.0 Å². The molecule has 0 fully saturated rings. The maximum absolute atomic E-state index is 5.83. The molecule has 88 valence electrons. The van der Waals surface area contributed by atoms with Crippen LogP contribution >= 0.6 is 23.5 Å². The molecule has 0 aliphatic carbocycles. The molecule has 1 nitrogen and oxygen atoms in total. The molecule has 0 saturated carbocycles. The third-order valence-corrected chi connectivity index (χ3v) is 3.56. The Morgan fingerprint density at radius 1 is 1.00 bits per heavy atom. The minimum atomic E-state index is 0.765. The first kappa shape index (κ1) is 12.3. The van der Waals surface area contributed by atoms with Crippen LogP contribution in [0.2, 0.25) is 5.02 Å². The average molecular weight is 264 g/mol. The van der Waals surface area contributed by atoms with Gasteiger partial charge in [-0.3, -0.25) is 0 Å². The van der Waals surface area contributed by atoms with E-state index >= 15 is 0 Å². The molecule has 0 amide bonds. The molecule has 2 aromatic rings. The van der Waals surface area contributed by atoms with Gasteiger partial charge in [-0.2, -0.15) is 0 Å². The van der Waals surface area contributed by atoms with Crippen LogP contribution < -0.4 is 4.72 Å². The number of anilines is 1. The smallest absolute Gasteiger partial charge is 0.0443 e. The number of benzene rings is 2. The molecule has 17 heavy (non-hydrogen) atoms. The summed E-state index contributed by atoms with van der Waals surface area (Å²) in [5.41, 5.74) is 2.47. The van der Waals surface area contributed by atoms with E-state index in [-0.39, 0.29) is 0 Å². The highest BCUT2D eigenvalue weighted by molar-refractivity contribution is 8.00. The Hall–Kier alpha value is -1.12. The Labute approximate surface area is 111 Å². The number of nitrogens with one attached hydrogen (secondary N) is 1. The van der Waals surface area contributed by atoms with Gasteiger partial charge in [0.1, 0.15) is 0 Å². The maximum atomic E-state index is 5.83. The van der Waals surface area contributed by atoms with Crippen molar-refractivity contribution in [1.82, 2.24) is 0 Å². The van der Waals surface area contributed by atoms with E-state index in [2.05, 4.69) is 35.9 Å². The van der Waals surface area contributed by atoms with Gasteiger partial charge in [0.15, 0.2) is 0 Å². The Morgan fingerprint density at radius 2 is 1.65 bits per heavy atom. The van der Waals surface area contributed by atoms with E-state index in [9.17, 15) is 0 Å². The van der Waals surface area contributed by atoms with E-state index in [1.165, 1.54) is 5.56 Å². The van der Waals surface area contributed by atoms with Crippen LogP contribution in [0, 0.1) is 0 Å². The highest BCUT2D eigenvalue weighted by Gasteiger charge is 1.96. The fourth-order valence-electron chi connectivity index (χ4n) is 1.43. The van der Waals surface area contributed by atoms with Gasteiger partial charge in [0.25, 0.3) is 0 Å². The molecule has 0 spiro atoms. The third-order valence-electron chi connectivity index (χ3n) is 2.46. The van der Waals surface area contributed by atoms with Gasteiger partial charge in [-0.05, 0) is 60.3 Å². The molecule has 0 aromatic heterocycles. The Balaban J connectivity index is 1.95. The fraction of sp³-hybridized carbons (Fsp3) is 0.143. The van der Waals surface area contributed by atoms with Crippen LogP contribution in [0.4, 0.5) is 5.69 Å². The minimum absolute atomic E-state index is 0.765. The summed E-state index contributed by atoms with van der Waals surface area (Å²) in [6, 6.07) is 16.3. The molecule has 0 radical (unpaired) electrons. The van der Waals surface area contributed by atoms with Crippen molar-refractivity contribution in [3.63, 3.8) is 0 Å². The number of hydrogen-bond donors (Lipinski definition) is 1. The summed E-state index contributed by atoms with van der Waals surface area (Å²) in [5.74, 6) is 0. The summed E-state index contributed by atoms with van der Waals surface area (Å²) >= 11 is 7.42. The van der Waals surface area contributed by atoms with Crippen molar-refractivity contribution >= 4 is 29.2 Å². The first-order chi connectivity index (χ1) is 8.28. The molecule has 2 aromatic carbocycles. The van der Waals surface area contributed by atoms with Crippen molar-refractivity contribution in [3.8, 4) is 0 Å². The van der Waals surface area contributed by atoms with E-state index in [1.54, 1.807) is 11.9 Å². The molecule has 0 aliphatic heterocycles. The minimum Gasteiger partial charge on any atom is -0.326 e. The monoisotopic (exact) mass is 263 g/mol. The van der Waals surface area contributed by atoms with Crippen molar-refractivity contribution in [2.45, 2.75) is 18.2 Å². The predicted octanol–water partition coefficient (Wildman–Crippen LogP) is 5.02. The lowest BCUT2D eigenvalue weighted by Crippen LogP contribution is -1.87. The first-order valence-electron chi connectivity index (χ1n) is 5.55. The molecule has 0 atom stereocenters. The number of halogens is 1. The van der Waals surface area contributed by atoms with Gasteiger partial charge in [0.2, 0.25) is 0 Å². The lowest BCUT2D eigenvalue weighted by molar-refractivity contribution is 1.14. The summed E-state index contributed by atoms with van der Waals surface area (Å²) in [6.45, 7) is 2.16. The Kier molecular flexibility index (Phi) is 4.35. The highest BCUT2D eigenvalue weighted by atomic mass is 35.5. The summed E-state index contributed by atoms with van der Waals surface area (Å²) in [5, 5.41) is 0.765. The highest BCUT2D eigenvalue weighted by Crippen LogP contribution is 2.22. The fourth-order valence-corrected chi connectivity index (χ4v) is 2.20. The molecule has 2 rings (SSSR count). The summed E-state index contributed by atoms with van der Waals surface area (Å²) in [7, 11) is 0. The number of rotatable bonds is 4. The van der Waals surface area contributed by atoms with Crippen LogP contribution in [0.25, 0.3) is 0 Å². The zero-order valence-corrected chi connectivity index (χ0v) is 11.2. The zero-order chi connectivity index (χ0) is 12.1. The molecule has 0 heterocycles. The van der Waals surface area contributed by atoms with Gasteiger partial charge in [-0.25, -0.2) is 0 Å². The third kappa shape index (κ3) is 3.69. The van der Waals surface area contributed by atoms with Gasteiger partial charge in [0.05, 0.1) is 0 Å². The van der Waals surface area contributed by atoms with E-state index in [0.29, 0.717) is 0 Å². The van der Waals surface area contributed by atoms with E-state index in [4.69, 9.17) is 11.6 Å². The SMILES string of the molecule is CCc1ccc(NSc2ccc(Cl)cc2)cc1. The van der Waals surface area contributed by atoms with Gasteiger partial charge < -0.3 is 4.72 Å². The molecule has 0 bridgehead atoms. The van der Waals surface area contributed by atoms with Gasteiger partial charge in [-0.15, -0.1) is 0 Å². The molecule has 1 N–H and O–H groups in total. The van der Waals surface area contributed by atoms with E-state index in [1.807, 2.05) is 24.3 Å². The van der Waals surface area contributed by atoms with Crippen molar-refractivity contribution in [2.24, 2.45) is 0 Å². The lowest BCUT2D eigenvalue weighted by Gasteiger charge is -2.06. The second-order valence-corrected chi connectivity index (χ2v) is 5.02. The summed E-state index contributed by atoms with van der Waals surface area (Å²) in [4.78, 5) is 1.15. The molecule has 0 saturated heterocycles. The standard InChI is InChI=1S/C14H14ClNS/c1-2-11-3-7-13(8-4-11)16-17-14-9-5-12(15)6-10-14/h3-10,16H,2H2,1H3. The lowest BCUT2D eigenvalue weighted by atomic mass is 10.2. The second-order valence-electron chi connectivity index (χ2n) is 3.71. The van der Waals surface area contributed by atoms with Crippen molar-refractivity contribution in [1.29, 1.82) is 0 Å². The van der Waals surface area contributed by atoms with Crippen LogP contribution in [-0.2, 0) is 6.42 Å². The normalized spacial score (nSPS) is 10.2. The van der Waals surface area contributed by atoms with E-state index < -0.39 is 0 Å². The largest absolute Gasteiger partial charge is 0.326 e. The molecular weight excluding hydrogens is 250 g/mol. The number of hydrogen-bond acceptors (Lipinski definition) is 2. The van der Waals surface area contributed by atoms with Crippen molar-refractivity contribution < 1.29 is 0 Å². The molecular formula is C14H14ClNS. The average Bonchev–Trinajstić information content (AvgIpc) is 2.39. The van der Waals surface area contributed by atoms with E-state index in [0.717, 1.165) is 22.0 Å². The zero-order valence-electron chi connectivity index (χ0n) is 9.61. The summed E-state index contributed by atoms with van der Waals surface area (Å²) < 4.78 is 3.31. The maximum Gasteiger partial charge on any atom is 0.0443 e. The van der Waals surface area contributed by atoms with Crippen LogP contribution in [0.15, 0.2) is 53.4 Å². The Morgan fingerprint density at radius 3 is 2.24 bits per heavy atom. The van der Waals surface area contributed by atoms with Gasteiger partial charge in [-0.1, -0.05) is 30.7 Å². The predicted molar refractivity (Wildman–Crippen MR) is 76.8 cm³/mol. The van der Waals surface area contributed by atoms with Crippen LogP contribution in [0.3, 0.4) is 0 Å². The van der Waals surface area contributed by atoms with Crippen LogP contribution in [-0.4, -0.2) is 0 Å². The molecule has 0 unspecified atom stereocenters. The quantitative estimate of drug-likeness (QED) is 0.777. The van der Waals surface area contributed by atoms with Crippen molar-refractivity contribution in [3.05, 3.63) is 59.1 Å². The number of aryl methyl sites for hydroxylation is 1. The van der Waals surface area contributed by atoms with Crippen molar-refractivity contribution in [2.75, 3.05) is 4.72 Å². The molecule has 0 aliphatic rings. The first-order valence-corrected chi connectivity index (χ1v) is 6.75. The summed E-state index contributed by atoms with van der Waals surface area (Å²) in [6.07, 6.45) is 1.07. The molecule has 3 heteroatoms. The second kappa shape index (κ2) is 5.99. The van der Waals surface area contributed by atoms with Gasteiger partial charge in [0, 0.05) is 15.6 Å².